The van der Waals surface area contributed by atoms with Gasteiger partial charge in [0.2, 0.25) is 0 Å². The maximum Gasteiger partial charge on any atom is 0.190 e. The van der Waals surface area contributed by atoms with Crippen LogP contribution in [0.4, 0.5) is 0 Å². The van der Waals surface area contributed by atoms with Gasteiger partial charge in [0.1, 0.15) is 0 Å². The lowest BCUT2D eigenvalue weighted by molar-refractivity contribution is 0.158. The van der Waals surface area contributed by atoms with Crippen LogP contribution in [0.2, 0.25) is 18.6 Å². The molecule has 0 aromatic carbocycles. The second-order valence-electron chi connectivity index (χ2n) is 7.80. The minimum Gasteiger partial charge on any atom is -0.414 e. The number of unbranched alkanes of at least 4 members (excludes halogenated alkanes) is 7. The van der Waals surface area contributed by atoms with Crippen LogP contribution in [0.25, 0.3) is 0 Å². The van der Waals surface area contributed by atoms with Crippen LogP contribution in [0.5, 0.6) is 0 Å². The Morgan fingerprint density at radius 3 is 1.86 bits per heavy atom. The Morgan fingerprint density at radius 1 is 0.727 bits per heavy atom. The summed E-state index contributed by atoms with van der Waals surface area (Å²) in [5, 5.41) is 0. The summed E-state index contributed by atoms with van der Waals surface area (Å²) in [5.74, 6) is 0. The first-order chi connectivity index (χ1) is 10.7. The van der Waals surface area contributed by atoms with Crippen LogP contribution < -0.4 is 0 Å². The van der Waals surface area contributed by atoms with Crippen LogP contribution >= 0.6 is 0 Å². The molecule has 0 aliphatic carbocycles. The van der Waals surface area contributed by atoms with Crippen LogP contribution in [0, 0.1) is 0 Å². The van der Waals surface area contributed by atoms with E-state index in [0.717, 1.165) is 0 Å². The van der Waals surface area contributed by atoms with Gasteiger partial charge >= 0.3 is 0 Å². The highest BCUT2D eigenvalue weighted by atomic mass is 28.4. The third kappa shape index (κ3) is 9.35. The first-order valence-corrected chi connectivity index (χ1v) is 13.2. The molecule has 1 nitrogen and oxygen atoms in total. The smallest absolute Gasteiger partial charge is 0.190 e. The largest absolute Gasteiger partial charge is 0.414 e. The average molecular weight is 327 g/mol. The molecule has 1 rings (SSSR count). The Hall–Kier alpha value is 0.177. The number of hydrogen-bond donors (Lipinski definition) is 0. The Morgan fingerprint density at radius 2 is 1.23 bits per heavy atom. The second-order valence-corrected chi connectivity index (χ2v) is 11.9. The molecule has 1 atom stereocenters. The minimum absolute atomic E-state index is 0.590. The molecule has 0 saturated carbocycles. The standard InChI is InChI=1S/C20H42OSi/c1-4-6-8-9-10-13-17-20(16-12-7-5-2)21-22(3)18-14-11-15-19-22/h20H,4-19H2,1-3H3. The molecule has 1 aliphatic heterocycles. The van der Waals surface area contributed by atoms with E-state index in [0.29, 0.717) is 6.10 Å². The van der Waals surface area contributed by atoms with Gasteiger partial charge in [-0.25, -0.2) is 0 Å². The molecule has 0 bridgehead atoms. The SMILES string of the molecule is CCCCCCCCC(CCCCC)O[Si]1(C)CCCCC1. The fraction of sp³-hybridized carbons (Fsp3) is 1.00. The van der Waals surface area contributed by atoms with Gasteiger partial charge in [-0.2, -0.15) is 0 Å². The lowest BCUT2D eigenvalue weighted by Crippen LogP contribution is -2.40. The fourth-order valence-corrected chi connectivity index (χ4v) is 7.38. The summed E-state index contributed by atoms with van der Waals surface area (Å²) in [6.07, 6.45) is 20.1. The molecule has 0 aromatic rings. The topological polar surface area (TPSA) is 9.23 Å². The summed E-state index contributed by atoms with van der Waals surface area (Å²) in [4.78, 5) is 0. The maximum atomic E-state index is 6.79. The Bertz CT molecular complexity index is 248. The van der Waals surface area contributed by atoms with Gasteiger partial charge in [0, 0.05) is 6.10 Å². The second kappa shape index (κ2) is 12.6. The van der Waals surface area contributed by atoms with Crippen LogP contribution in [0.15, 0.2) is 0 Å². The molecule has 0 spiro atoms. The predicted molar refractivity (Wildman–Crippen MR) is 102 cm³/mol. The van der Waals surface area contributed by atoms with Gasteiger partial charge in [0.25, 0.3) is 0 Å². The van der Waals surface area contributed by atoms with Gasteiger partial charge in [-0.05, 0) is 31.5 Å². The maximum absolute atomic E-state index is 6.79. The van der Waals surface area contributed by atoms with E-state index >= 15 is 0 Å². The highest BCUT2D eigenvalue weighted by molar-refractivity contribution is 6.72. The minimum atomic E-state index is -1.34. The van der Waals surface area contributed by atoms with Gasteiger partial charge in [0.15, 0.2) is 8.32 Å². The van der Waals surface area contributed by atoms with Gasteiger partial charge in [-0.15, -0.1) is 0 Å². The van der Waals surface area contributed by atoms with Crippen molar-refractivity contribution in [3.8, 4) is 0 Å². The van der Waals surface area contributed by atoms with E-state index in [1.54, 1.807) is 0 Å². The molecule has 0 radical (unpaired) electrons. The van der Waals surface area contributed by atoms with Crippen molar-refractivity contribution in [2.75, 3.05) is 0 Å². The lowest BCUT2D eigenvalue weighted by atomic mass is 10.0. The average Bonchev–Trinajstić information content (AvgIpc) is 2.51. The Labute approximate surface area is 141 Å². The Balaban J connectivity index is 2.28. The summed E-state index contributed by atoms with van der Waals surface area (Å²) < 4.78 is 6.79. The number of rotatable bonds is 13. The summed E-state index contributed by atoms with van der Waals surface area (Å²) >= 11 is 0. The van der Waals surface area contributed by atoms with E-state index in [-0.39, 0.29) is 0 Å². The fourth-order valence-electron chi connectivity index (χ4n) is 3.86. The lowest BCUT2D eigenvalue weighted by Gasteiger charge is -2.35. The molecule has 0 amide bonds. The molecule has 1 fully saturated rings. The van der Waals surface area contributed by atoms with E-state index in [4.69, 9.17) is 4.43 Å². The monoisotopic (exact) mass is 326 g/mol. The molecule has 1 unspecified atom stereocenters. The summed E-state index contributed by atoms with van der Waals surface area (Å²) in [6.45, 7) is 7.12. The zero-order chi connectivity index (χ0) is 16.1. The Kier molecular flexibility index (Phi) is 11.6. The zero-order valence-corrected chi connectivity index (χ0v) is 16.8. The molecule has 1 saturated heterocycles. The molecule has 2 heteroatoms. The summed E-state index contributed by atoms with van der Waals surface area (Å²) in [5.41, 5.74) is 0. The molecule has 22 heavy (non-hydrogen) atoms. The summed E-state index contributed by atoms with van der Waals surface area (Å²) in [6, 6.07) is 2.85. The first-order valence-electron chi connectivity index (χ1n) is 10.4. The third-order valence-electron chi connectivity index (χ3n) is 5.37. The van der Waals surface area contributed by atoms with E-state index in [9.17, 15) is 0 Å². The van der Waals surface area contributed by atoms with E-state index < -0.39 is 8.32 Å². The summed E-state index contributed by atoms with van der Waals surface area (Å²) in [7, 11) is -1.34. The van der Waals surface area contributed by atoms with Gasteiger partial charge in [0.05, 0.1) is 0 Å². The molecule has 1 heterocycles. The third-order valence-corrected chi connectivity index (χ3v) is 9.10. The van der Waals surface area contributed by atoms with Crippen molar-refractivity contribution in [2.45, 2.75) is 128 Å². The molecule has 1 aliphatic rings. The van der Waals surface area contributed by atoms with Crippen LogP contribution in [0.3, 0.4) is 0 Å². The van der Waals surface area contributed by atoms with Crippen molar-refractivity contribution in [1.29, 1.82) is 0 Å². The quantitative estimate of drug-likeness (QED) is 0.252. The van der Waals surface area contributed by atoms with Gasteiger partial charge in [-0.3, -0.25) is 0 Å². The molecular formula is C20H42OSi. The van der Waals surface area contributed by atoms with Gasteiger partial charge < -0.3 is 4.43 Å². The normalized spacial score (nSPS) is 19.2. The van der Waals surface area contributed by atoms with Crippen molar-refractivity contribution in [2.24, 2.45) is 0 Å². The van der Waals surface area contributed by atoms with Crippen molar-refractivity contribution in [3.63, 3.8) is 0 Å². The highest BCUT2D eigenvalue weighted by Gasteiger charge is 2.33. The molecular weight excluding hydrogens is 284 g/mol. The highest BCUT2D eigenvalue weighted by Crippen LogP contribution is 2.32. The van der Waals surface area contributed by atoms with Crippen molar-refractivity contribution in [3.05, 3.63) is 0 Å². The van der Waals surface area contributed by atoms with E-state index in [2.05, 4.69) is 20.4 Å². The van der Waals surface area contributed by atoms with Gasteiger partial charge in [-0.1, -0.05) is 90.9 Å². The zero-order valence-electron chi connectivity index (χ0n) is 15.8. The molecule has 0 N–H and O–H groups in total. The van der Waals surface area contributed by atoms with Crippen LogP contribution in [-0.2, 0) is 4.43 Å². The van der Waals surface area contributed by atoms with Crippen molar-refractivity contribution < 1.29 is 4.43 Å². The molecule has 132 valence electrons. The molecule has 0 aromatic heterocycles. The number of hydrogen-bond acceptors (Lipinski definition) is 1. The van der Waals surface area contributed by atoms with Crippen LogP contribution in [0.1, 0.15) is 104 Å². The van der Waals surface area contributed by atoms with Crippen molar-refractivity contribution >= 4 is 8.32 Å². The van der Waals surface area contributed by atoms with Crippen molar-refractivity contribution in [1.82, 2.24) is 0 Å². The van der Waals surface area contributed by atoms with E-state index in [1.165, 1.54) is 102 Å². The van der Waals surface area contributed by atoms with E-state index in [1.807, 2.05) is 0 Å². The predicted octanol–water partition coefficient (Wildman–Crippen LogP) is 7.46. The first kappa shape index (κ1) is 20.2. The van der Waals surface area contributed by atoms with Crippen LogP contribution in [-0.4, -0.2) is 14.4 Å².